The minimum absolute atomic E-state index is 0.391. The second-order valence-corrected chi connectivity index (χ2v) is 5.86. The molecule has 0 saturated heterocycles. The third kappa shape index (κ3) is 3.75. The molecule has 0 bridgehead atoms. The smallest absolute Gasteiger partial charge is 0.338 e. The summed E-state index contributed by atoms with van der Waals surface area (Å²) in [6.07, 6.45) is 0. The van der Waals surface area contributed by atoms with Crippen LogP contribution in [0.1, 0.15) is 15.9 Å². The molecule has 3 aromatic rings. The van der Waals surface area contributed by atoms with Crippen LogP contribution in [0.25, 0.3) is 11.1 Å². The van der Waals surface area contributed by atoms with Gasteiger partial charge in [0.15, 0.2) is 12.2 Å². The average Bonchev–Trinajstić information content (AvgIpc) is 3.01. The zero-order chi connectivity index (χ0) is 16.9. The average molecular weight is 342 g/mol. The number of ether oxygens (including phenoxy) is 1. The number of para-hydroxylation sites is 2. The van der Waals surface area contributed by atoms with Crippen LogP contribution in [0, 0.1) is 0 Å². The summed E-state index contributed by atoms with van der Waals surface area (Å²) in [7, 11) is 0. The van der Waals surface area contributed by atoms with Gasteiger partial charge in [-0.3, -0.25) is 4.79 Å². The maximum atomic E-state index is 12.0. The van der Waals surface area contributed by atoms with Crippen LogP contribution in [-0.4, -0.2) is 23.5 Å². The van der Waals surface area contributed by atoms with Gasteiger partial charge in [-0.25, -0.2) is 9.78 Å². The van der Waals surface area contributed by atoms with E-state index in [4.69, 9.17) is 14.9 Å². The van der Waals surface area contributed by atoms with Crippen molar-refractivity contribution >= 4 is 34.7 Å². The van der Waals surface area contributed by atoms with E-state index in [9.17, 15) is 9.59 Å². The number of aromatic nitrogens is 1. The summed E-state index contributed by atoms with van der Waals surface area (Å²) in [5.41, 5.74) is 7.64. The molecular formula is C17H14N2O4S. The fourth-order valence-electron chi connectivity index (χ4n) is 2.11. The predicted octanol–water partition coefficient (Wildman–Crippen LogP) is 2.76. The summed E-state index contributed by atoms with van der Waals surface area (Å²) in [5, 5.41) is 0.525. The number of carbonyl (C=O) groups excluding carboxylic acids is 2. The lowest BCUT2D eigenvalue weighted by Gasteiger charge is -2.07. The number of benzene rings is 2. The van der Waals surface area contributed by atoms with E-state index in [-0.39, 0.29) is 0 Å². The van der Waals surface area contributed by atoms with E-state index in [2.05, 4.69) is 4.98 Å². The topological polar surface area (TPSA) is 95.4 Å². The van der Waals surface area contributed by atoms with Crippen LogP contribution in [-0.2, 0) is 15.3 Å². The number of nitrogens with zero attached hydrogens (tertiary/aromatic N) is 1. The molecule has 3 rings (SSSR count). The van der Waals surface area contributed by atoms with Crippen molar-refractivity contribution in [1.82, 2.24) is 4.98 Å². The summed E-state index contributed by atoms with van der Waals surface area (Å²) in [6.45, 7) is -0.439. The summed E-state index contributed by atoms with van der Waals surface area (Å²) < 4.78 is 10.5. The van der Waals surface area contributed by atoms with Crippen molar-refractivity contribution in [3.8, 4) is 0 Å². The quantitative estimate of drug-likeness (QED) is 0.547. The fourth-order valence-corrected chi connectivity index (χ4v) is 2.95. The lowest BCUT2D eigenvalue weighted by Crippen LogP contribution is -2.21. The molecule has 1 heterocycles. The zero-order valence-electron chi connectivity index (χ0n) is 12.6. The molecule has 0 unspecified atom stereocenters. The van der Waals surface area contributed by atoms with Crippen molar-refractivity contribution in [2.75, 3.05) is 6.61 Å². The normalized spacial score (nSPS) is 10.7. The summed E-state index contributed by atoms with van der Waals surface area (Å²) in [5.74, 6) is -0.793. The Morgan fingerprint density at radius 1 is 1.12 bits per heavy atom. The molecule has 0 atom stereocenters. The second kappa shape index (κ2) is 7.18. The van der Waals surface area contributed by atoms with Gasteiger partial charge >= 0.3 is 5.97 Å². The van der Waals surface area contributed by atoms with Gasteiger partial charge in [0.25, 0.3) is 11.1 Å². The summed E-state index contributed by atoms with van der Waals surface area (Å²) in [4.78, 5) is 27.2. The number of oxazole rings is 1. The van der Waals surface area contributed by atoms with Gasteiger partial charge in [0.2, 0.25) is 0 Å². The monoisotopic (exact) mass is 342 g/mol. The van der Waals surface area contributed by atoms with Crippen molar-refractivity contribution in [2.24, 2.45) is 5.73 Å². The number of hydrogen-bond acceptors (Lipinski definition) is 6. The number of rotatable bonds is 6. The molecule has 24 heavy (non-hydrogen) atoms. The summed E-state index contributed by atoms with van der Waals surface area (Å²) in [6, 6.07) is 14.5. The van der Waals surface area contributed by atoms with E-state index in [0.717, 1.165) is 11.1 Å². The highest BCUT2D eigenvalue weighted by molar-refractivity contribution is 7.98. The Kier molecular flexibility index (Phi) is 4.81. The molecule has 6 nitrogen and oxygen atoms in total. The molecule has 0 saturated carbocycles. The van der Waals surface area contributed by atoms with E-state index in [0.29, 0.717) is 22.1 Å². The highest BCUT2D eigenvalue weighted by Crippen LogP contribution is 2.27. The van der Waals surface area contributed by atoms with E-state index in [1.165, 1.54) is 11.8 Å². The first-order chi connectivity index (χ1) is 11.6. The van der Waals surface area contributed by atoms with Crippen molar-refractivity contribution < 1.29 is 18.7 Å². The maximum absolute atomic E-state index is 12.0. The highest BCUT2D eigenvalue weighted by Gasteiger charge is 2.14. The van der Waals surface area contributed by atoms with Gasteiger partial charge in [0.05, 0.1) is 5.56 Å². The molecule has 0 aliphatic rings. The standard InChI is InChI=1S/C17H14N2O4S/c18-15(20)9-22-16(21)12-6-2-1-5-11(12)10-24-17-19-13-7-3-4-8-14(13)23-17/h1-8H,9-10H2,(H2,18,20). The maximum Gasteiger partial charge on any atom is 0.338 e. The van der Waals surface area contributed by atoms with Crippen LogP contribution >= 0.6 is 11.8 Å². The first-order valence-electron chi connectivity index (χ1n) is 7.15. The Morgan fingerprint density at radius 3 is 2.67 bits per heavy atom. The molecule has 0 aliphatic carbocycles. The minimum Gasteiger partial charge on any atom is -0.452 e. The van der Waals surface area contributed by atoms with Crippen molar-refractivity contribution in [3.05, 3.63) is 59.7 Å². The molecule has 1 aromatic heterocycles. The first kappa shape index (κ1) is 16.1. The minimum atomic E-state index is -0.693. The van der Waals surface area contributed by atoms with Crippen LogP contribution in [0.5, 0.6) is 0 Å². The number of fused-ring (bicyclic) bond motifs is 1. The van der Waals surface area contributed by atoms with Gasteiger partial charge in [-0.2, -0.15) is 0 Å². The number of carbonyl (C=O) groups is 2. The number of amides is 1. The van der Waals surface area contributed by atoms with Crippen molar-refractivity contribution in [2.45, 2.75) is 11.0 Å². The third-order valence-electron chi connectivity index (χ3n) is 3.21. The lowest BCUT2D eigenvalue weighted by atomic mass is 10.1. The van der Waals surface area contributed by atoms with E-state index < -0.39 is 18.5 Å². The van der Waals surface area contributed by atoms with Gasteiger partial charge in [-0.1, -0.05) is 42.1 Å². The molecule has 7 heteroatoms. The molecule has 2 aromatic carbocycles. The van der Waals surface area contributed by atoms with Crippen LogP contribution in [0.2, 0.25) is 0 Å². The largest absolute Gasteiger partial charge is 0.452 e. The van der Waals surface area contributed by atoms with Crippen molar-refractivity contribution in [1.29, 1.82) is 0 Å². The Morgan fingerprint density at radius 2 is 1.88 bits per heavy atom. The second-order valence-electron chi connectivity index (χ2n) is 4.94. The Balaban J connectivity index is 1.73. The molecule has 0 radical (unpaired) electrons. The summed E-state index contributed by atoms with van der Waals surface area (Å²) >= 11 is 1.38. The van der Waals surface area contributed by atoms with Gasteiger partial charge < -0.3 is 14.9 Å². The molecule has 2 N–H and O–H groups in total. The molecule has 0 spiro atoms. The zero-order valence-corrected chi connectivity index (χ0v) is 13.4. The fraction of sp³-hybridized carbons (Fsp3) is 0.118. The number of thioether (sulfide) groups is 1. The lowest BCUT2D eigenvalue weighted by molar-refractivity contribution is -0.121. The van der Waals surface area contributed by atoms with Gasteiger partial charge in [-0.15, -0.1) is 0 Å². The molecule has 0 fully saturated rings. The SMILES string of the molecule is NC(=O)COC(=O)c1ccccc1CSc1nc2ccccc2o1. The van der Waals surface area contributed by atoms with E-state index in [1.54, 1.807) is 12.1 Å². The van der Waals surface area contributed by atoms with Gasteiger partial charge in [-0.05, 0) is 23.8 Å². The van der Waals surface area contributed by atoms with E-state index in [1.807, 2.05) is 36.4 Å². The highest BCUT2D eigenvalue weighted by atomic mass is 32.2. The number of primary amides is 1. The predicted molar refractivity (Wildman–Crippen MR) is 89.5 cm³/mol. The number of esters is 1. The van der Waals surface area contributed by atoms with Gasteiger partial charge in [0, 0.05) is 5.75 Å². The number of nitrogens with two attached hydrogens (primary N) is 1. The molecule has 1 amide bonds. The van der Waals surface area contributed by atoms with Crippen LogP contribution in [0.4, 0.5) is 0 Å². The van der Waals surface area contributed by atoms with E-state index >= 15 is 0 Å². The Labute approximate surface area is 142 Å². The van der Waals surface area contributed by atoms with Crippen LogP contribution in [0.15, 0.2) is 58.2 Å². The molecule has 122 valence electrons. The Hall–Kier alpha value is -2.80. The molecular weight excluding hydrogens is 328 g/mol. The van der Waals surface area contributed by atoms with Gasteiger partial charge in [0.1, 0.15) is 5.52 Å². The Bertz CT molecular complexity index is 858. The molecule has 0 aliphatic heterocycles. The first-order valence-corrected chi connectivity index (χ1v) is 8.14. The van der Waals surface area contributed by atoms with Crippen LogP contribution < -0.4 is 5.73 Å². The van der Waals surface area contributed by atoms with Crippen LogP contribution in [0.3, 0.4) is 0 Å². The van der Waals surface area contributed by atoms with Crippen molar-refractivity contribution in [3.63, 3.8) is 0 Å². The number of hydrogen-bond donors (Lipinski definition) is 1. The third-order valence-corrected chi connectivity index (χ3v) is 4.09.